The molecular formula is C21H19FN8O3. The molecule has 0 fully saturated rings. The molecule has 2 heterocycles. The molecule has 0 aliphatic carbocycles. The Bertz CT molecular complexity index is 1300. The molecule has 4 aromatic rings. The van der Waals surface area contributed by atoms with Gasteiger partial charge in [0.1, 0.15) is 18.2 Å². The number of hydrogen-bond acceptors (Lipinski definition) is 9. The normalized spacial score (nSPS) is 11.4. The van der Waals surface area contributed by atoms with Gasteiger partial charge < -0.3 is 10.5 Å². The lowest BCUT2D eigenvalue weighted by molar-refractivity contribution is 0.0946. The summed E-state index contributed by atoms with van der Waals surface area (Å²) < 4.78 is 24.4. The average molecular weight is 450 g/mol. The second-order valence-electron chi connectivity index (χ2n) is 6.99. The molecule has 0 spiro atoms. The fraction of sp³-hybridized carbons (Fsp3) is 0.143. The summed E-state index contributed by atoms with van der Waals surface area (Å²) in [6, 6.07) is 13.3. The Hall–Kier alpha value is -4.61. The zero-order valence-corrected chi connectivity index (χ0v) is 17.7. The Balaban J connectivity index is 1.41. The topological polar surface area (TPSA) is 146 Å². The lowest BCUT2D eigenvalue weighted by Crippen LogP contribution is -2.24. The van der Waals surface area contributed by atoms with Crippen molar-refractivity contribution in [2.45, 2.75) is 20.5 Å². The number of nitrogens with two attached hydrogens (primary N) is 1. The number of carbonyl (C=O) groups excluding carboxylic acids is 1. The number of ether oxygens (including phenoxy) is 1. The molecule has 0 radical (unpaired) electrons. The minimum Gasteiger partial charge on any atom is -0.489 e. The standard InChI is InChI=1S/C21H19FN8O3/c1-12(15-5-9-17(10-6-15)32-11-14-3-7-16(22)8-4-14)24-26-21(31)18-13(2)25-29-30(18)20-19(23)27-33-28-20/h3-10H,11H2,1-2H3,(H2,23,27)(H,26,31). The van der Waals surface area contributed by atoms with E-state index in [1.165, 1.54) is 12.1 Å². The first-order valence-corrected chi connectivity index (χ1v) is 9.75. The number of aryl methyl sites for hydroxylation is 1. The van der Waals surface area contributed by atoms with Crippen LogP contribution in [-0.2, 0) is 6.61 Å². The van der Waals surface area contributed by atoms with Crippen LogP contribution in [0.15, 0.2) is 58.3 Å². The Morgan fingerprint density at radius 2 is 1.91 bits per heavy atom. The monoisotopic (exact) mass is 450 g/mol. The van der Waals surface area contributed by atoms with Crippen LogP contribution in [0.1, 0.15) is 34.2 Å². The highest BCUT2D eigenvalue weighted by atomic mass is 19.1. The second-order valence-corrected chi connectivity index (χ2v) is 6.99. The van der Waals surface area contributed by atoms with E-state index in [4.69, 9.17) is 10.5 Å². The summed E-state index contributed by atoms with van der Waals surface area (Å²) in [5.41, 5.74) is 10.8. The highest BCUT2D eigenvalue weighted by molar-refractivity contribution is 6.00. The van der Waals surface area contributed by atoms with Crippen molar-refractivity contribution in [3.05, 3.63) is 76.9 Å². The van der Waals surface area contributed by atoms with E-state index in [2.05, 4.69) is 35.8 Å². The Labute approximate surface area is 187 Å². The number of nitrogens with one attached hydrogen (secondary N) is 1. The van der Waals surface area contributed by atoms with Gasteiger partial charge in [-0.1, -0.05) is 17.3 Å². The summed E-state index contributed by atoms with van der Waals surface area (Å²) in [6.07, 6.45) is 0. The van der Waals surface area contributed by atoms with Crippen LogP contribution in [0.3, 0.4) is 0 Å². The van der Waals surface area contributed by atoms with Gasteiger partial charge in [0.05, 0.1) is 11.4 Å². The molecule has 2 aromatic carbocycles. The van der Waals surface area contributed by atoms with Gasteiger partial charge in [0.15, 0.2) is 5.69 Å². The first-order chi connectivity index (χ1) is 15.9. The quantitative estimate of drug-likeness (QED) is 0.322. The molecule has 3 N–H and O–H groups in total. The van der Waals surface area contributed by atoms with Gasteiger partial charge in [-0.2, -0.15) is 9.78 Å². The zero-order valence-electron chi connectivity index (χ0n) is 17.7. The Morgan fingerprint density at radius 1 is 1.18 bits per heavy atom. The first-order valence-electron chi connectivity index (χ1n) is 9.75. The Kier molecular flexibility index (Phi) is 6.06. The number of carbonyl (C=O) groups is 1. The van der Waals surface area contributed by atoms with Crippen molar-refractivity contribution in [3.8, 4) is 11.6 Å². The molecule has 0 aliphatic heterocycles. The number of amides is 1. The van der Waals surface area contributed by atoms with E-state index in [1.54, 1.807) is 38.1 Å². The maximum absolute atomic E-state index is 13.0. The minimum atomic E-state index is -0.557. The van der Waals surface area contributed by atoms with Crippen LogP contribution in [0.4, 0.5) is 10.2 Å². The van der Waals surface area contributed by atoms with Crippen molar-refractivity contribution in [1.29, 1.82) is 0 Å². The van der Waals surface area contributed by atoms with E-state index < -0.39 is 5.91 Å². The van der Waals surface area contributed by atoms with Gasteiger partial charge in [0.25, 0.3) is 5.91 Å². The summed E-state index contributed by atoms with van der Waals surface area (Å²) in [7, 11) is 0. The molecule has 0 atom stereocenters. The summed E-state index contributed by atoms with van der Waals surface area (Å²) in [4.78, 5) is 12.7. The second kappa shape index (κ2) is 9.26. The van der Waals surface area contributed by atoms with E-state index in [-0.39, 0.29) is 23.1 Å². The van der Waals surface area contributed by atoms with Crippen LogP contribution in [-0.4, -0.2) is 36.9 Å². The summed E-state index contributed by atoms with van der Waals surface area (Å²) in [5, 5.41) is 19.0. The largest absolute Gasteiger partial charge is 0.489 e. The van der Waals surface area contributed by atoms with Gasteiger partial charge in [0.2, 0.25) is 11.6 Å². The lowest BCUT2D eigenvalue weighted by atomic mass is 10.1. The molecule has 0 saturated heterocycles. The van der Waals surface area contributed by atoms with Gasteiger partial charge in [-0.25, -0.2) is 14.4 Å². The van der Waals surface area contributed by atoms with E-state index in [0.717, 1.165) is 15.8 Å². The highest BCUT2D eigenvalue weighted by Crippen LogP contribution is 2.16. The van der Waals surface area contributed by atoms with E-state index in [9.17, 15) is 9.18 Å². The summed E-state index contributed by atoms with van der Waals surface area (Å²) in [5.74, 6) is -0.184. The van der Waals surface area contributed by atoms with Gasteiger partial charge in [-0.15, -0.1) is 5.10 Å². The third kappa shape index (κ3) is 4.84. The Morgan fingerprint density at radius 3 is 2.58 bits per heavy atom. The van der Waals surface area contributed by atoms with Crippen LogP contribution in [0.25, 0.3) is 5.82 Å². The van der Waals surface area contributed by atoms with E-state index >= 15 is 0 Å². The maximum Gasteiger partial charge on any atom is 0.292 e. The molecule has 2 aromatic heterocycles. The van der Waals surface area contributed by atoms with Crippen LogP contribution in [0, 0.1) is 12.7 Å². The molecule has 0 aliphatic rings. The predicted molar refractivity (Wildman–Crippen MR) is 115 cm³/mol. The molecule has 4 rings (SSSR count). The number of rotatable bonds is 7. The van der Waals surface area contributed by atoms with Crippen molar-refractivity contribution in [2.75, 3.05) is 5.73 Å². The number of hydrogen-bond donors (Lipinski definition) is 2. The first kappa shape index (κ1) is 21.6. The number of hydrazone groups is 1. The molecule has 0 unspecified atom stereocenters. The van der Waals surface area contributed by atoms with Crippen LogP contribution in [0.5, 0.6) is 5.75 Å². The lowest BCUT2D eigenvalue weighted by Gasteiger charge is -2.08. The van der Waals surface area contributed by atoms with Gasteiger partial charge >= 0.3 is 0 Å². The van der Waals surface area contributed by atoms with Crippen molar-refractivity contribution < 1.29 is 18.6 Å². The molecule has 168 valence electrons. The van der Waals surface area contributed by atoms with Gasteiger partial charge in [-0.05, 0) is 71.7 Å². The van der Waals surface area contributed by atoms with Crippen LogP contribution >= 0.6 is 0 Å². The summed E-state index contributed by atoms with van der Waals surface area (Å²) >= 11 is 0. The third-order valence-electron chi connectivity index (χ3n) is 4.67. The van der Waals surface area contributed by atoms with Crippen molar-refractivity contribution in [2.24, 2.45) is 5.10 Å². The molecule has 12 heteroatoms. The SMILES string of the molecule is CC(=NNC(=O)c1c(C)nnn1-c1nonc1N)c1ccc(OCc2ccc(F)cc2)cc1. The highest BCUT2D eigenvalue weighted by Gasteiger charge is 2.22. The number of nitrogen functional groups attached to an aromatic ring is 1. The van der Waals surface area contributed by atoms with E-state index in [0.29, 0.717) is 23.8 Å². The molecule has 33 heavy (non-hydrogen) atoms. The smallest absolute Gasteiger partial charge is 0.292 e. The fourth-order valence-corrected chi connectivity index (χ4v) is 2.90. The molecule has 1 amide bonds. The van der Waals surface area contributed by atoms with Gasteiger partial charge in [0, 0.05) is 0 Å². The number of benzene rings is 2. The molecule has 0 saturated carbocycles. The van der Waals surface area contributed by atoms with Crippen molar-refractivity contribution >= 4 is 17.4 Å². The predicted octanol–water partition coefficient (Wildman–Crippen LogP) is 2.41. The van der Waals surface area contributed by atoms with Crippen LogP contribution in [0.2, 0.25) is 0 Å². The number of halogens is 1. The fourth-order valence-electron chi connectivity index (χ4n) is 2.90. The minimum absolute atomic E-state index is 0.0321. The number of anilines is 1. The molecular weight excluding hydrogens is 431 g/mol. The number of nitrogens with zero attached hydrogens (tertiary/aromatic N) is 6. The number of aromatic nitrogens is 5. The third-order valence-corrected chi connectivity index (χ3v) is 4.67. The zero-order chi connectivity index (χ0) is 23.4. The summed E-state index contributed by atoms with van der Waals surface area (Å²) in [6.45, 7) is 3.68. The van der Waals surface area contributed by atoms with E-state index in [1.807, 2.05) is 12.1 Å². The maximum atomic E-state index is 13.0. The molecule has 0 bridgehead atoms. The van der Waals surface area contributed by atoms with Crippen molar-refractivity contribution in [1.82, 2.24) is 30.7 Å². The molecule has 11 nitrogen and oxygen atoms in total. The van der Waals surface area contributed by atoms with Crippen LogP contribution < -0.4 is 15.9 Å². The van der Waals surface area contributed by atoms with Crippen molar-refractivity contribution in [3.63, 3.8) is 0 Å². The average Bonchev–Trinajstić information content (AvgIpc) is 3.42. The van der Waals surface area contributed by atoms with Gasteiger partial charge in [-0.3, -0.25) is 4.79 Å².